The number of nitrogens with zero attached hydrogens (tertiary/aromatic N) is 1. The van der Waals surface area contributed by atoms with Gasteiger partial charge in [0, 0.05) is 25.7 Å². The van der Waals surface area contributed by atoms with Crippen molar-refractivity contribution in [3.63, 3.8) is 0 Å². The maximum Gasteiger partial charge on any atom is 0.106 e. The molecule has 1 N–H and O–H groups in total. The lowest BCUT2D eigenvalue weighted by Gasteiger charge is -2.26. The lowest BCUT2D eigenvalue weighted by molar-refractivity contribution is 0.0743. The summed E-state index contributed by atoms with van der Waals surface area (Å²) in [5.41, 5.74) is -0.458. The molecule has 0 aliphatic heterocycles. The molecule has 0 radical (unpaired) electrons. The summed E-state index contributed by atoms with van der Waals surface area (Å²) >= 11 is 0. The van der Waals surface area contributed by atoms with Gasteiger partial charge in [-0.2, -0.15) is 5.26 Å². The molecule has 0 aromatic carbocycles. The van der Waals surface area contributed by atoms with Crippen LogP contribution in [0.4, 0.5) is 0 Å². The van der Waals surface area contributed by atoms with Crippen LogP contribution < -0.4 is 5.32 Å². The normalized spacial score (nSPS) is 20.6. The van der Waals surface area contributed by atoms with E-state index in [9.17, 15) is 5.26 Å². The third-order valence-corrected chi connectivity index (χ3v) is 3.68. The smallest absolute Gasteiger partial charge is 0.106 e. The molecule has 1 rings (SSSR count). The van der Waals surface area contributed by atoms with Crippen LogP contribution in [0.25, 0.3) is 0 Å². The number of nitrogens with one attached hydrogen (secondary N) is 1. The molecule has 18 heavy (non-hydrogen) atoms. The minimum atomic E-state index is -0.458. The zero-order valence-corrected chi connectivity index (χ0v) is 12.2. The number of ether oxygens (including phenoxy) is 1. The molecule has 1 unspecified atom stereocenters. The average Bonchev–Trinajstić information content (AvgIpc) is 2.35. The van der Waals surface area contributed by atoms with Gasteiger partial charge in [-0.25, -0.2) is 0 Å². The third-order valence-electron chi connectivity index (χ3n) is 3.68. The summed E-state index contributed by atoms with van der Waals surface area (Å²) in [7, 11) is 0. The van der Waals surface area contributed by atoms with Gasteiger partial charge < -0.3 is 4.74 Å². The highest BCUT2D eigenvalue weighted by Gasteiger charge is 2.24. The Morgan fingerprint density at radius 3 is 2.56 bits per heavy atom. The molecule has 0 aromatic rings. The van der Waals surface area contributed by atoms with Gasteiger partial charge in [0.25, 0.3) is 0 Å². The SMILES string of the molecule is CC(C)NC(C)(C#N)CCOCC1CCCCC1. The van der Waals surface area contributed by atoms with Crippen LogP contribution in [0, 0.1) is 17.2 Å². The van der Waals surface area contributed by atoms with Crippen molar-refractivity contribution in [1.29, 1.82) is 5.26 Å². The Morgan fingerprint density at radius 2 is 2.00 bits per heavy atom. The summed E-state index contributed by atoms with van der Waals surface area (Å²) in [6.45, 7) is 7.65. The van der Waals surface area contributed by atoms with E-state index in [-0.39, 0.29) is 0 Å². The minimum Gasteiger partial charge on any atom is -0.381 e. The van der Waals surface area contributed by atoms with E-state index in [2.05, 4.69) is 25.2 Å². The number of nitriles is 1. The monoisotopic (exact) mass is 252 g/mol. The fourth-order valence-corrected chi connectivity index (χ4v) is 2.68. The van der Waals surface area contributed by atoms with Crippen molar-refractivity contribution in [2.75, 3.05) is 13.2 Å². The zero-order valence-electron chi connectivity index (χ0n) is 12.2. The quantitative estimate of drug-likeness (QED) is 0.707. The highest BCUT2D eigenvalue weighted by molar-refractivity contribution is 5.04. The van der Waals surface area contributed by atoms with Gasteiger partial charge in [0.05, 0.1) is 6.07 Å². The van der Waals surface area contributed by atoms with Gasteiger partial charge in [-0.05, 0) is 39.5 Å². The van der Waals surface area contributed by atoms with Crippen molar-refractivity contribution in [2.24, 2.45) is 5.92 Å². The molecule has 3 heteroatoms. The van der Waals surface area contributed by atoms with Crippen LogP contribution in [-0.4, -0.2) is 24.8 Å². The van der Waals surface area contributed by atoms with E-state index in [1.807, 2.05) is 6.92 Å². The summed E-state index contributed by atoms with van der Waals surface area (Å²) < 4.78 is 5.76. The standard InChI is InChI=1S/C15H28N2O/c1-13(2)17-15(3,12-16)9-10-18-11-14-7-5-4-6-8-14/h13-14,17H,4-11H2,1-3H3. The van der Waals surface area contributed by atoms with Crippen LogP contribution in [0.15, 0.2) is 0 Å². The van der Waals surface area contributed by atoms with Crippen molar-refractivity contribution in [1.82, 2.24) is 5.32 Å². The van der Waals surface area contributed by atoms with E-state index < -0.39 is 5.54 Å². The van der Waals surface area contributed by atoms with Gasteiger partial charge in [0.1, 0.15) is 5.54 Å². The maximum atomic E-state index is 9.21. The first-order valence-electron chi connectivity index (χ1n) is 7.32. The van der Waals surface area contributed by atoms with Crippen LogP contribution in [0.3, 0.4) is 0 Å². The van der Waals surface area contributed by atoms with Crippen molar-refractivity contribution in [3.05, 3.63) is 0 Å². The highest BCUT2D eigenvalue weighted by atomic mass is 16.5. The molecule has 3 nitrogen and oxygen atoms in total. The van der Waals surface area contributed by atoms with E-state index in [1.54, 1.807) is 0 Å². The molecule has 0 heterocycles. The first-order valence-corrected chi connectivity index (χ1v) is 7.32. The summed E-state index contributed by atoms with van der Waals surface area (Å²) in [6, 6.07) is 2.68. The Balaban J connectivity index is 2.17. The van der Waals surface area contributed by atoms with Crippen LogP contribution in [0.1, 0.15) is 59.3 Å². The number of hydrogen-bond donors (Lipinski definition) is 1. The van der Waals surface area contributed by atoms with E-state index in [4.69, 9.17) is 4.74 Å². The fraction of sp³-hybridized carbons (Fsp3) is 0.933. The molecule has 1 aliphatic carbocycles. The van der Waals surface area contributed by atoms with Crippen LogP contribution in [0.5, 0.6) is 0 Å². The largest absolute Gasteiger partial charge is 0.381 e. The van der Waals surface area contributed by atoms with Gasteiger partial charge in [0.2, 0.25) is 0 Å². The molecule has 104 valence electrons. The molecule has 1 fully saturated rings. The highest BCUT2D eigenvalue weighted by Crippen LogP contribution is 2.23. The molecule has 0 saturated heterocycles. The fourth-order valence-electron chi connectivity index (χ4n) is 2.68. The maximum absolute atomic E-state index is 9.21. The molecule has 1 aliphatic rings. The summed E-state index contributed by atoms with van der Waals surface area (Å²) in [5, 5.41) is 12.5. The minimum absolute atomic E-state index is 0.327. The van der Waals surface area contributed by atoms with Crippen molar-refractivity contribution < 1.29 is 4.74 Å². The summed E-state index contributed by atoms with van der Waals surface area (Å²) in [4.78, 5) is 0. The van der Waals surface area contributed by atoms with E-state index in [0.717, 1.165) is 18.9 Å². The lowest BCUT2D eigenvalue weighted by atomic mass is 9.90. The first-order chi connectivity index (χ1) is 8.56. The second-order valence-corrected chi connectivity index (χ2v) is 6.07. The van der Waals surface area contributed by atoms with Crippen LogP contribution in [-0.2, 0) is 4.74 Å². The first kappa shape index (κ1) is 15.5. The van der Waals surface area contributed by atoms with Crippen molar-refractivity contribution in [2.45, 2.75) is 70.9 Å². The molecule has 0 amide bonds. The molecule has 0 spiro atoms. The average molecular weight is 252 g/mol. The Hall–Kier alpha value is -0.590. The van der Waals surface area contributed by atoms with Gasteiger partial charge in [-0.3, -0.25) is 5.32 Å². The Labute approximate surface area is 112 Å². The number of hydrogen-bond acceptors (Lipinski definition) is 3. The van der Waals surface area contributed by atoms with Gasteiger partial charge >= 0.3 is 0 Å². The predicted molar refractivity (Wildman–Crippen MR) is 74.3 cm³/mol. The second kappa shape index (κ2) is 7.76. The molecule has 1 saturated carbocycles. The molecule has 0 bridgehead atoms. The Morgan fingerprint density at radius 1 is 1.33 bits per heavy atom. The third kappa shape index (κ3) is 5.84. The topological polar surface area (TPSA) is 45.0 Å². The van der Waals surface area contributed by atoms with E-state index >= 15 is 0 Å². The van der Waals surface area contributed by atoms with Gasteiger partial charge in [-0.15, -0.1) is 0 Å². The summed E-state index contributed by atoms with van der Waals surface area (Å²) in [5.74, 6) is 0.755. The lowest BCUT2D eigenvalue weighted by Crippen LogP contribution is -2.45. The Bertz CT molecular complexity index is 266. The van der Waals surface area contributed by atoms with Crippen molar-refractivity contribution in [3.8, 4) is 6.07 Å². The Kier molecular flexibility index (Phi) is 6.67. The molecule has 0 aromatic heterocycles. The summed E-state index contributed by atoms with van der Waals surface area (Å²) in [6.07, 6.45) is 7.51. The van der Waals surface area contributed by atoms with E-state index in [1.165, 1.54) is 32.1 Å². The van der Waals surface area contributed by atoms with Crippen molar-refractivity contribution >= 4 is 0 Å². The van der Waals surface area contributed by atoms with Gasteiger partial charge in [0.15, 0.2) is 0 Å². The van der Waals surface area contributed by atoms with E-state index in [0.29, 0.717) is 12.6 Å². The molecular formula is C15H28N2O. The van der Waals surface area contributed by atoms with Crippen LogP contribution in [0.2, 0.25) is 0 Å². The molecular weight excluding hydrogens is 224 g/mol. The second-order valence-electron chi connectivity index (χ2n) is 6.07. The van der Waals surface area contributed by atoms with Gasteiger partial charge in [-0.1, -0.05) is 19.3 Å². The zero-order chi connectivity index (χ0) is 13.4. The predicted octanol–water partition coefficient (Wildman–Crippen LogP) is 3.25. The number of rotatable bonds is 7. The van der Waals surface area contributed by atoms with Crippen LogP contribution >= 0.6 is 0 Å². The molecule has 1 atom stereocenters.